The second-order valence-electron chi connectivity index (χ2n) is 3.34. The normalized spacial score (nSPS) is 14.9. The van der Waals surface area contributed by atoms with E-state index in [2.05, 4.69) is 4.74 Å². The minimum absolute atomic E-state index is 0.0163. The SMILES string of the molecule is COC(=O)C(C)(CN)CCOCCO. The molecule has 0 radical (unpaired) electrons. The molecular weight excluding hydrogens is 186 g/mol. The topological polar surface area (TPSA) is 81.8 Å². The Morgan fingerprint density at radius 3 is 2.57 bits per heavy atom. The van der Waals surface area contributed by atoms with Crippen LogP contribution in [-0.2, 0) is 14.3 Å². The van der Waals surface area contributed by atoms with Crippen molar-refractivity contribution < 1.29 is 19.4 Å². The lowest BCUT2D eigenvalue weighted by atomic mass is 9.87. The van der Waals surface area contributed by atoms with Gasteiger partial charge in [0.2, 0.25) is 0 Å². The number of aliphatic hydroxyl groups excluding tert-OH is 1. The Balaban J connectivity index is 3.93. The molecule has 0 rings (SSSR count). The van der Waals surface area contributed by atoms with Gasteiger partial charge in [-0.25, -0.2) is 0 Å². The van der Waals surface area contributed by atoms with E-state index in [0.29, 0.717) is 13.0 Å². The standard InChI is InChI=1S/C9H19NO4/c1-9(7-10,8(12)13-2)3-5-14-6-4-11/h11H,3-7,10H2,1-2H3. The second kappa shape index (κ2) is 6.75. The average Bonchev–Trinajstić information content (AvgIpc) is 2.22. The van der Waals surface area contributed by atoms with Gasteiger partial charge in [-0.3, -0.25) is 4.79 Å². The summed E-state index contributed by atoms with van der Waals surface area (Å²) in [5.74, 6) is -0.326. The summed E-state index contributed by atoms with van der Waals surface area (Å²) < 4.78 is 9.70. The van der Waals surface area contributed by atoms with Crippen LogP contribution in [0.25, 0.3) is 0 Å². The molecule has 0 aromatic heterocycles. The van der Waals surface area contributed by atoms with Gasteiger partial charge in [0.05, 0.1) is 25.7 Å². The maximum Gasteiger partial charge on any atom is 0.312 e. The van der Waals surface area contributed by atoms with Gasteiger partial charge in [-0.2, -0.15) is 0 Å². The molecule has 0 aromatic carbocycles. The van der Waals surface area contributed by atoms with Crippen molar-refractivity contribution in [2.24, 2.45) is 11.1 Å². The zero-order valence-electron chi connectivity index (χ0n) is 8.78. The van der Waals surface area contributed by atoms with Crippen molar-refractivity contribution in [1.82, 2.24) is 0 Å². The third kappa shape index (κ3) is 4.04. The molecule has 3 N–H and O–H groups in total. The van der Waals surface area contributed by atoms with E-state index in [-0.39, 0.29) is 25.7 Å². The molecule has 1 unspecified atom stereocenters. The molecule has 1 atom stereocenters. The van der Waals surface area contributed by atoms with E-state index < -0.39 is 5.41 Å². The quantitative estimate of drug-likeness (QED) is 0.433. The maximum atomic E-state index is 11.3. The van der Waals surface area contributed by atoms with Gasteiger partial charge < -0.3 is 20.3 Å². The Morgan fingerprint density at radius 1 is 1.50 bits per heavy atom. The first-order valence-electron chi connectivity index (χ1n) is 4.58. The van der Waals surface area contributed by atoms with Gasteiger partial charge in [-0.15, -0.1) is 0 Å². The fourth-order valence-corrected chi connectivity index (χ4v) is 0.998. The smallest absolute Gasteiger partial charge is 0.312 e. The number of rotatable bonds is 7. The van der Waals surface area contributed by atoms with E-state index in [4.69, 9.17) is 15.6 Å². The first-order valence-corrected chi connectivity index (χ1v) is 4.58. The molecule has 0 spiro atoms. The lowest BCUT2D eigenvalue weighted by Gasteiger charge is -2.24. The second-order valence-corrected chi connectivity index (χ2v) is 3.34. The number of esters is 1. The Bertz CT molecular complexity index is 174. The van der Waals surface area contributed by atoms with Gasteiger partial charge in [-0.1, -0.05) is 0 Å². The molecule has 14 heavy (non-hydrogen) atoms. The first-order chi connectivity index (χ1) is 6.60. The van der Waals surface area contributed by atoms with Crippen LogP contribution in [0.15, 0.2) is 0 Å². The molecule has 0 heterocycles. The molecule has 0 bridgehead atoms. The molecular formula is C9H19NO4. The fraction of sp³-hybridized carbons (Fsp3) is 0.889. The average molecular weight is 205 g/mol. The lowest BCUT2D eigenvalue weighted by Crippen LogP contribution is -2.37. The van der Waals surface area contributed by atoms with E-state index in [1.165, 1.54) is 7.11 Å². The number of hydrogen-bond acceptors (Lipinski definition) is 5. The number of nitrogens with two attached hydrogens (primary N) is 1. The number of carbonyl (C=O) groups excluding carboxylic acids is 1. The molecule has 0 saturated heterocycles. The summed E-state index contributed by atoms with van der Waals surface area (Å²) in [7, 11) is 1.34. The van der Waals surface area contributed by atoms with Crippen LogP contribution in [0.2, 0.25) is 0 Å². The summed E-state index contributed by atoms with van der Waals surface area (Å²) in [6.07, 6.45) is 0.496. The largest absolute Gasteiger partial charge is 0.469 e. The van der Waals surface area contributed by atoms with E-state index in [1.54, 1.807) is 6.92 Å². The lowest BCUT2D eigenvalue weighted by molar-refractivity contribution is -0.152. The fourth-order valence-electron chi connectivity index (χ4n) is 0.998. The highest BCUT2D eigenvalue weighted by atomic mass is 16.5. The molecule has 0 saturated carbocycles. The van der Waals surface area contributed by atoms with Crippen LogP contribution in [0.5, 0.6) is 0 Å². The van der Waals surface area contributed by atoms with Gasteiger partial charge in [-0.05, 0) is 13.3 Å². The summed E-state index contributed by atoms with van der Waals surface area (Å²) in [6, 6.07) is 0. The van der Waals surface area contributed by atoms with Gasteiger partial charge in [0.15, 0.2) is 0 Å². The van der Waals surface area contributed by atoms with Gasteiger partial charge in [0.1, 0.15) is 0 Å². The van der Waals surface area contributed by atoms with Crippen LogP contribution in [0.4, 0.5) is 0 Å². The monoisotopic (exact) mass is 205 g/mol. The van der Waals surface area contributed by atoms with Crippen LogP contribution in [0, 0.1) is 5.41 Å². The Morgan fingerprint density at radius 2 is 2.14 bits per heavy atom. The van der Waals surface area contributed by atoms with E-state index in [1.807, 2.05) is 0 Å². The van der Waals surface area contributed by atoms with Crippen molar-refractivity contribution >= 4 is 5.97 Å². The summed E-state index contributed by atoms with van der Waals surface area (Å²) >= 11 is 0. The van der Waals surface area contributed by atoms with Crippen LogP contribution in [0.1, 0.15) is 13.3 Å². The molecule has 0 fully saturated rings. The molecule has 84 valence electrons. The summed E-state index contributed by atoms with van der Waals surface area (Å²) in [5.41, 5.74) is 4.80. The summed E-state index contributed by atoms with van der Waals surface area (Å²) in [4.78, 5) is 11.3. The van der Waals surface area contributed by atoms with Crippen LogP contribution >= 0.6 is 0 Å². The Kier molecular flexibility index (Phi) is 6.44. The van der Waals surface area contributed by atoms with Crippen molar-refractivity contribution in [3.8, 4) is 0 Å². The van der Waals surface area contributed by atoms with Gasteiger partial charge >= 0.3 is 5.97 Å². The highest BCUT2D eigenvalue weighted by Crippen LogP contribution is 2.21. The predicted molar refractivity (Wildman–Crippen MR) is 51.7 cm³/mol. The highest BCUT2D eigenvalue weighted by Gasteiger charge is 2.32. The number of aliphatic hydroxyl groups is 1. The van der Waals surface area contributed by atoms with Crippen molar-refractivity contribution in [3.63, 3.8) is 0 Å². The number of carbonyl (C=O) groups is 1. The number of ether oxygens (including phenoxy) is 2. The summed E-state index contributed by atoms with van der Waals surface area (Å²) in [6.45, 7) is 2.62. The van der Waals surface area contributed by atoms with Gasteiger partial charge in [0, 0.05) is 13.2 Å². The van der Waals surface area contributed by atoms with Crippen molar-refractivity contribution in [2.75, 3.05) is 33.5 Å². The molecule has 0 aromatic rings. The van der Waals surface area contributed by atoms with Crippen molar-refractivity contribution in [1.29, 1.82) is 0 Å². The minimum Gasteiger partial charge on any atom is -0.469 e. The van der Waals surface area contributed by atoms with Crippen molar-refractivity contribution in [2.45, 2.75) is 13.3 Å². The molecule has 0 aliphatic carbocycles. The summed E-state index contributed by atoms with van der Waals surface area (Å²) in [5, 5.41) is 8.47. The zero-order valence-corrected chi connectivity index (χ0v) is 8.78. The molecule has 0 aliphatic heterocycles. The predicted octanol–water partition coefficient (Wildman–Crippen LogP) is -0.477. The van der Waals surface area contributed by atoms with Crippen LogP contribution < -0.4 is 5.73 Å². The third-order valence-corrected chi connectivity index (χ3v) is 2.16. The molecule has 0 amide bonds. The number of methoxy groups -OCH3 is 1. The first kappa shape index (κ1) is 13.4. The highest BCUT2D eigenvalue weighted by molar-refractivity contribution is 5.76. The van der Waals surface area contributed by atoms with E-state index in [9.17, 15) is 4.79 Å². The molecule has 5 nitrogen and oxygen atoms in total. The van der Waals surface area contributed by atoms with Gasteiger partial charge in [0.25, 0.3) is 0 Å². The van der Waals surface area contributed by atoms with Crippen LogP contribution in [0.3, 0.4) is 0 Å². The molecule has 5 heteroatoms. The van der Waals surface area contributed by atoms with Crippen molar-refractivity contribution in [3.05, 3.63) is 0 Å². The minimum atomic E-state index is -0.690. The molecule has 0 aliphatic rings. The van der Waals surface area contributed by atoms with Crippen LogP contribution in [-0.4, -0.2) is 44.6 Å². The zero-order chi connectivity index (χ0) is 11.0. The Labute approximate surface area is 84.2 Å². The van der Waals surface area contributed by atoms with E-state index in [0.717, 1.165) is 0 Å². The van der Waals surface area contributed by atoms with E-state index >= 15 is 0 Å². The number of hydrogen-bond donors (Lipinski definition) is 2. The Hall–Kier alpha value is -0.650. The maximum absolute atomic E-state index is 11.3. The third-order valence-electron chi connectivity index (χ3n) is 2.16.